The molecule has 0 spiro atoms. The summed E-state index contributed by atoms with van der Waals surface area (Å²) in [5.74, 6) is -0.115. The Bertz CT molecular complexity index is 1020. The number of nitrogens with zero attached hydrogens (tertiary/aromatic N) is 1. The minimum Gasteiger partial charge on any atom is -0.493 e. The van der Waals surface area contributed by atoms with Crippen LogP contribution in [0.5, 0.6) is 17.2 Å². The quantitative estimate of drug-likeness (QED) is 0.630. The Labute approximate surface area is 184 Å². The number of hydrogen-bond acceptors (Lipinski definition) is 6. The van der Waals surface area contributed by atoms with E-state index in [1.807, 2.05) is 30.3 Å². The first-order chi connectivity index (χ1) is 15.5. The average molecular weight is 440 g/mol. The number of urea groups is 2. The van der Waals surface area contributed by atoms with E-state index in [2.05, 4.69) is 16.0 Å². The molecule has 3 atom stereocenters. The zero-order valence-corrected chi connectivity index (χ0v) is 17.9. The molecule has 3 unspecified atom stereocenters. The van der Waals surface area contributed by atoms with E-state index >= 15 is 0 Å². The zero-order valence-electron chi connectivity index (χ0n) is 17.9. The fraction of sp³-hybridized carbons (Fsp3) is 0.318. The smallest absolute Gasteiger partial charge is 0.326 e. The number of methoxy groups -OCH3 is 3. The maximum absolute atomic E-state index is 12.9. The standard InChI is InChI=1S/C22H24N4O6/c1-30-14-9-13(10-15(31-2)18(14)32-3)17-16-19(24-21(28)23-17)26(22(29)25-20(16)27)11-12-7-5-4-6-8-12/h4-10,16-17,19H,11H2,1-3H3,(H2,23,24,28)(H,25,27,29). The molecule has 2 saturated heterocycles. The van der Waals surface area contributed by atoms with E-state index in [1.165, 1.54) is 26.2 Å². The van der Waals surface area contributed by atoms with E-state index < -0.39 is 36.1 Å². The van der Waals surface area contributed by atoms with Crippen LogP contribution in [0.1, 0.15) is 17.2 Å². The van der Waals surface area contributed by atoms with Crippen molar-refractivity contribution in [2.24, 2.45) is 5.92 Å². The van der Waals surface area contributed by atoms with Gasteiger partial charge in [-0.05, 0) is 23.3 Å². The minimum absolute atomic E-state index is 0.226. The van der Waals surface area contributed by atoms with Gasteiger partial charge in [0.2, 0.25) is 11.7 Å². The summed E-state index contributed by atoms with van der Waals surface area (Å²) in [4.78, 5) is 39.6. The highest BCUT2D eigenvalue weighted by atomic mass is 16.5. The van der Waals surface area contributed by atoms with Crippen LogP contribution >= 0.6 is 0 Å². The van der Waals surface area contributed by atoms with Crippen molar-refractivity contribution >= 4 is 18.0 Å². The number of nitrogens with one attached hydrogen (secondary N) is 3. The number of fused-ring (bicyclic) bond motifs is 1. The van der Waals surface area contributed by atoms with Crippen molar-refractivity contribution in [1.82, 2.24) is 20.9 Å². The lowest BCUT2D eigenvalue weighted by molar-refractivity contribution is -0.130. The second kappa shape index (κ2) is 8.66. The van der Waals surface area contributed by atoms with Gasteiger partial charge in [-0.15, -0.1) is 0 Å². The molecule has 2 aromatic carbocycles. The molecule has 4 rings (SSSR count). The molecule has 5 amide bonds. The highest BCUT2D eigenvalue weighted by Crippen LogP contribution is 2.42. The van der Waals surface area contributed by atoms with Gasteiger partial charge in [0.25, 0.3) is 0 Å². The first kappa shape index (κ1) is 21.3. The molecule has 0 saturated carbocycles. The molecule has 0 aliphatic carbocycles. The molecule has 0 aromatic heterocycles. The van der Waals surface area contributed by atoms with Crippen LogP contribution in [0.25, 0.3) is 0 Å². The number of benzene rings is 2. The summed E-state index contributed by atoms with van der Waals surface area (Å²) >= 11 is 0. The lowest BCUT2D eigenvalue weighted by Crippen LogP contribution is -2.71. The average Bonchev–Trinajstić information content (AvgIpc) is 2.80. The predicted molar refractivity (Wildman–Crippen MR) is 113 cm³/mol. The Morgan fingerprint density at radius 1 is 0.906 bits per heavy atom. The van der Waals surface area contributed by atoms with Gasteiger partial charge in [-0.1, -0.05) is 30.3 Å². The summed E-state index contributed by atoms with van der Waals surface area (Å²) < 4.78 is 16.2. The molecular weight excluding hydrogens is 416 g/mol. The molecule has 10 nitrogen and oxygen atoms in total. The maximum atomic E-state index is 12.9. The predicted octanol–water partition coefficient (Wildman–Crippen LogP) is 1.76. The first-order valence-corrected chi connectivity index (χ1v) is 9.99. The van der Waals surface area contributed by atoms with Gasteiger partial charge >= 0.3 is 12.1 Å². The fourth-order valence-electron chi connectivity index (χ4n) is 4.15. The summed E-state index contributed by atoms with van der Waals surface area (Å²) in [5.41, 5.74) is 1.45. The van der Waals surface area contributed by atoms with Crippen LogP contribution in [-0.2, 0) is 11.3 Å². The number of amides is 5. The summed E-state index contributed by atoms with van der Waals surface area (Å²) in [5, 5.41) is 7.95. The second-order valence-electron chi connectivity index (χ2n) is 7.43. The summed E-state index contributed by atoms with van der Waals surface area (Å²) in [6.07, 6.45) is -0.839. The number of carbonyl (C=O) groups is 3. The van der Waals surface area contributed by atoms with Gasteiger partial charge in [-0.25, -0.2) is 9.59 Å². The molecule has 0 bridgehead atoms. The van der Waals surface area contributed by atoms with E-state index in [-0.39, 0.29) is 6.54 Å². The van der Waals surface area contributed by atoms with E-state index in [4.69, 9.17) is 14.2 Å². The third-order valence-electron chi connectivity index (χ3n) is 5.64. The lowest BCUT2D eigenvalue weighted by Gasteiger charge is -2.46. The van der Waals surface area contributed by atoms with Crippen molar-refractivity contribution in [3.63, 3.8) is 0 Å². The van der Waals surface area contributed by atoms with Crippen molar-refractivity contribution in [1.29, 1.82) is 0 Å². The van der Waals surface area contributed by atoms with Gasteiger partial charge < -0.3 is 24.8 Å². The molecule has 2 fully saturated rings. The van der Waals surface area contributed by atoms with Crippen LogP contribution in [0, 0.1) is 5.92 Å². The van der Waals surface area contributed by atoms with Gasteiger partial charge in [0, 0.05) is 6.54 Å². The largest absolute Gasteiger partial charge is 0.493 e. The first-order valence-electron chi connectivity index (χ1n) is 9.99. The Kier molecular flexibility index (Phi) is 5.76. The molecule has 2 aliphatic rings. The van der Waals surface area contributed by atoms with Gasteiger partial charge in [0.1, 0.15) is 12.1 Å². The number of carbonyl (C=O) groups excluding carboxylic acids is 3. The Morgan fingerprint density at radius 3 is 2.16 bits per heavy atom. The Morgan fingerprint density at radius 2 is 1.56 bits per heavy atom. The van der Waals surface area contributed by atoms with Crippen molar-refractivity contribution in [3.8, 4) is 17.2 Å². The molecule has 10 heteroatoms. The normalized spacial score (nSPS) is 22.3. The topological polar surface area (TPSA) is 118 Å². The molecule has 2 heterocycles. The number of hydrogen-bond donors (Lipinski definition) is 3. The summed E-state index contributed by atoms with van der Waals surface area (Å²) in [6.45, 7) is 0.226. The summed E-state index contributed by atoms with van der Waals surface area (Å²) in [7, 11) is 4.46. The molecule has 2 aromatic rings. The number of imide groups is 1. The molecule has 2 aliphatic heterocycles. The fourth-order valence-corrected chi connectivity index (χ4v) is 4.15. The van der Waals surface area contributed by atoms with Crippen LogP contribution in [-0.4, -0.2) is 50.4 Å². The highest BCUT2D eigenvalue weighted by Gasteiger charge is 2.50. The van der Waals surface area contributed by atoms with Crippen molar-refractivity contribution in [3.05, 3.63) is 53.6 Å². The van der Waals surface area contributed by atoms with Crippen molar-refractivity contribution in [2.75, 3.05) is 21.3 Å². The van der Waals surface area contributed by atoms with E-state index in [1.54, 1.807) is 12.1 Å². The number of rotatable bonds is 6. The lowest BCUT2D eigenvalue weighted by atomic mass is 9.85. The van der Waals surface area contributed by atoms with Gasteiger partial charge in [0.05, 0.1) is 27.4 Å². The number of ether oxygens (including phenoxy) is 3. The third kappa shape index (κ3) is 3.75. The van der Waals surface area contributed by atoms with Crippen LogP contribution < -0.4 is 30.2 Å². The van der Waals surface area contributed by atoms with E-state index in [0.717, 1.165) is 5.56 Å². The molecule has 3 N–H and O–H groups in total. The minimum atomic E-state index is -0.839. The molecular formula is C22H24N4O6. The van der Waals surface area contributed by atoms with Gasteiger partial charge in [-0.2, -0.15) is 0 Å². The monoisotopic (exact) mass is 440 g/mol. The van der Waals surface area contributed by atoms with Crippen molar-refractivity contribution < 1.29 is 28.6 Å². The Hall–Kier alpha value is -3.95. The molecule has 32 heavy (non-hydrogen) atoms. The maximum Gasteiger partial charge on any atom is 0.326 e. The Balaban J connectivity index is 1.74. The third-order valence-corrected chi connectivity index (χ3v) is 5.64. The van der Waals surface area contributed by atoms with Crippen LogP contribution in [0.15, 0.2) is 42.5 Å². The molecule has 168 valence electrons. The SMILES string of the molecule is COc1cc(C2NC(=O)NC3C2C(=O)NC(=O)N3Cc2ccccc2)cc(OC)c1OC. The summed E-state index contributed by atoms with van der Waals surface area (Å²) in [6, 6.07) is 10.9. The van der Waals surface area contributed by atoms with E-state index in [9.17, 15) is 14.4 Å². The van der Waals surface area contributed by atoms with Crippen LogP contribution in [0.4, 0.5) is 9.59 Å². The van der Waals surface area contributed by atoms with Gasteiger partial charge in [0.15, 0.2) is 11.5 Å². The highest BCUT2D eigenvalue weighted by molar-refractivity contribution is 6.00. The van der Waals surface area contributed by atoms with Crippen LogP contribution in [0.3, 0.4) is 0 Å². The zero-order chi connectivity index (χ0) is 22.8. The van der Waals surface area contributed by atoms with E-state index in [0.29, 0.717) is 22.8 Å². The van der Waals surface area contributed by atoms with Gasteiger partial charge in [-0.3, -0.25) is 15.0 Å². The van der Waals surface area contributed by atoms with Crippen LogP contribution in [0.2, 0.25) is 0 Å². The second-order valence-corrected chi connectivity index (χ2v) is 7.43. The van der Waals surface area contributed by atoms with Crippen molar-refractivity contribution in [2.45, 2.75) is 18.8 Å². The molecule has 0 radical (unpaired) electrons.